The Morgan fingerprint density at radius 2 is 1.82 bits per heavy atom. The number of nitrogens with one attached hydrogen (secondary N) is 1. The first-order valence-electron chi connectivity index (χ1n) is 11.0. The molecule has 33 heavy (non-hydrogen) atoms. The topological polar surface area (TPSA) is 86.8 Å². The molecule has 0 aliphatic carbocycles. The van der Waals surface area contributed by atoms with Gasteiger partial charge < -0.3 is 10.2 Å². The Hall–Kier alpha value is -2.36. The van der Waals surface area contributed by atoms with Crippen molar-refractivity contribution in [1.82, 2.24) is 4.31 Å². The number of thioether (sulfide) groups is 1. The summed E-state index contributed by atoms with van der Waals surface area (Å²) in [6.45, 7) is 4.44. The molecule has 0 aromatic heterocycles. The van der Waals surface area contributed by atoms with E-state index >= 15 is 0 Å². The number of hydrogen-bond acceptors (Lipinski definition) is 5. The van der Waals surface area contributed by atoms with Crippen molar-refractivity contribution in [3.05, 3.63) is 48.0 Å². The molecule has 2 aromatic carbocycles. The fourth-order valence-electron chi connectivity index (χ4n) is 4.43. The van der Waals surface area contributed by atoms with Crippen LogP contribution in [-0.4, -0.2) is 50.4 Å². The lowest BCUT2D eigenvalue weighted by Crippen LogP contribution is -2.40. The molecule has 2 aromatic rings. The lowest BCUT2D eigenvalue weighted by Gasteiger charge is -2.26. The van der Waals surface area contributed by atoms with E-state index in [2.05, 4.69) is 5.32 Å². The van der Waals surface area contributed by atoms with Gasteiger partial charge in [-0.15, -0.1) is 11.8 Å². The molecule has 0 unspecified atom stereocenters. The fourth-order valence-corrected chi connectivity index (χ4v) is 6.43. The van der Waals surface area contributed by atoms with Crippen LogP contribution in [0.15, 0.2) is 52.3 Å². The van der Waals surface area contributed by atoms with Gasteiger partial charge in [0.1, 0.15) is 6.54 Å². The highest BCUT2D eigenvalue weighted by molar-refractivity contribution is 7.98. The minimum Gasteiger partial charge on any atom is -0.324 e. The maximum atomic E-state index is 13.2. The van der Waals surface area contributed by atoms with Gasteiger partial charge in [0.25, 0.3) is 0 Å². The zero-order chi connectivity index (χ0) is 23.8. The Kier molecular flexibility index (Phi) is 6.57. The van der Waals surface area contributed by atoms with Gasteiger partial charge in [0.05, 0.1) is 10.3 Å². The second-order valence-corrected chi connectivity index (χ2v) is 11.8. The molecule has 1 N–H and O–H groups in total. The van der Waals surface area contributed by atoms with Crippen molar-refractivity contribution >= 4 is 45.0 Å². The molecule has 2 heterocycles. The minimum absolute atomic E-state index is 0.142. The Balaban J connectivity index is 1.59. The third-order valence-corrected chi connectivity index (χ3v) is 8.94. The van der Waals surface area contributed by atoms with Gasteiger partial charge in [-0.25, -0.2) is 8.42 Å². The van der Waals surface area contributed by atoms with Crippen LogP contribution in [0.2, 0.25) is 0 Å². The van der Waals surface area contributed by atoms with Crippen molar-refractivity contribution in [2.24, 2.45) is 0 Å². The summed E-state index contributed by atoms with van der Waals surface area (Å²) in [6.07, 6.45) is 4.71. The predicted molar refractivity (Wildman–Crippen MR) is 131 cm³/mol. The summed E-state index contributed by atoms with van der Waals surface area (Å²) in [7, 11) is -3.62. The summed E-state index contributed by atoms with van der Waals surface area (Å²) in [5.41, 5.74) is 0.946. The summed E-state index contributed by atoms with van der Waals surface area (Å²) in [5, 5.41) is 2.85. The fraction of sp³-hybridized carbons (Fsp3) is 0.417. The number of fused-ring (bicyclic) bond motifs is 1. The standard InChI is InChI=1S/C24H29N3O4S2/c1-24(2)20-15-19(33(30,31)26-12-5-4-6-13-26)10-11-21(20)27(23(24)29)16-22(28)25-17-8-7-9-18(14-17)32-3/h7-11,14-15H,4-6,12-13,16H2,1-3H3,(H,25,28). The monoisotopic (exact) mass is 487 g/mol. The number of piperidine rings is 1. The molecule has 7 nitrogen and oxygen atoms in total. The van der Waals surface area contributed by atoms with Gasteiger partial charge in [-0.1, -0.05) is 12.5 Å². The first kappa shape index (κ1) is 23.8. The number of benzene rings is 2. The summed E-state index contributed by atoms with van der Waals surface area (Å²) >= 11 is 1.58. The molecule has 2 aliphatic heterocycles. The van der Waals surface area contributed by atoms with E-state index < -0.39 is 15.4 Å². The number of carbonyl (C=O) groups is 2. The zero-order valence-corrected chi connectivity index (χ0v) is 20.8. The molecule has 0 saturated carbocycles. The van der Waals surface area contributed by atoms with E-state index in [1.165, 1.54) is 9.21 Å². The third kappa shape index (κ3) is 4.54. The smallest absolute Gasteiger partial charge is 0.244 e. The van der Waals surface area contributed by atoms with Gasteiger partial charge in [-0.3, -0.25) is 9.59 Å². The van der Waals surface area contributed by atoms with Crippen LogP contribution in [0.4, 0.5) is 11.4 Å². The third-order valence-electron chi connectivity index (χ3n) is 6.32. The van der Waals surface area contributed by atoms with Crippen molar-refractivity contribution in [1.29, 1.82) is 0 Å². The number of anilines is 2. The number of nitrogens with zero attached hydrogens (tertiary/aromatic N) is 2. The van der Waals surface area contributed by atoms with E-state index in [-0.39, 0.29) is 23.3 Å². The van der Waals surface area contributed by atoms with Crippen LogP contribution in [0.1, 0.15) is 38.7 Å². The van der Waals surface area contributed by atoms with E-state index in [9.17, 15) is 18.0 Å². The molecular formula is C24H29N3O4S2. The number of sulfonamides is 1. The SMILES string of the molecule is CSc1cccc(NC(=O)CN2C(=O)C(C)(C)c3cc(S(=O)(=O)N4CCCCC4)ccc32)c1. The Morgan fingerprint density at radius 1 is 1.09 bits per heavy atom. The van der Waals surface area contributed by atoms with E-state index in [0.717, 1.165) is 24.2 Å². The van der Waals surface area contributed by atoms with Gasteiger partial charge in [0.15, 0.2) is 0 Å². The van der Waals surface area contributed by atoms with Crippen LogP contribution in [0.3, 0.4) is 0 Å². The van der Waals surface area contributed by atoms with Crippen LogP contribution >= 0.6 is 11.8 Å². The van der Waals surface area contributed by atoms with Crippen molar-refractivity contribution < 1.29 is 18.0 Å². The van der Waals surface area contributed by atoms with Gasteiger partial charge in [0, 0.05) is 29.4 Å². The second kappa shape index (κ2) is 9.12. The van der Waals surface area contributed by atoms with Crippen molar-refractivity contribution in [2.75, 3.05) is 36.1 Å². The number of carbonyl (C=O) groups excluding carboxylic acids is 2. The molecular weight excluding hydrogens is 458 g/mol. The first-order chi connectivity index (χ1) is 15.6. The van der Waals surface area contributed by atoms with Crippen molar-refractivity contribution in [2.45, 2.75) is 48.3 Å². The highest BCUT2D eigenvalue weighted by atomic mass is 32.2. The summed E-state index contributed by atoms with van der Waals surface area (Å²) in [4.78, 5) is 28.6. The van der Waals surface area contributed by atoms with Crippen LogP contribution in [0.5, 0.6) is 0 Å². The van der Waals surface area contributed by atoms with Crippen molar-refractivity contribution in [3.63, 3.8) is 0 Å². The summed E-state index contributed by atoms with van der Waals surface area (Å²) in [6, 6.07) is 12.3. The number of rotatable bonds is 6. The summed E-state index contributed by atoms with van der Waals surface area (Å²) in [5.74, 6) is -0.534. The molecule has 4 rings (SSSR count). The van der Waals surface area contributed by atoms with Gasteiger partial charge in [0.2, 0.25) is 21.8 Å². The minimum atomic E-state index is -3.62. The maximum Gasteiger partial charge on any atom is 0.244 e. The largest absolute Gasteiger partial charge is 0.324 e. The first-order valence-corrected chi connectivity index (χ1v) is 13.7. The molecule has 1 fully saturated rings. The lowest BCUT2D eigenvalue weighted by molar-refractivity contribution is -0.124. The average Bonchev–Trinajstić information content (AvgIpc) is 3.00. The quantitative estimate of drug-likeness (QED) is 0.626. The molecule has 0 radical (unpaired) electrons. The average molecular weight is 488 g/mol. The molecule has 2 amide bonds. The van der Waals surface area contributed by atoms with Gasteiger partial charge >= 0.3 is 0 Å². The van der Waals surface area contributed by atoms with E-state index in [0.29, 0.717) is 30.0 Å². The van der Waals surface area contributed by atoms with Crippen LogP contribution in [0, 0.1) is 0 Å². The second-order valence-electron chi connectivity index (χ2n) is 8.94. The Labute approximate surface area is 199 Å². The van der Waals surface area contributed by atoms with E-state index in [4.69, 9.17) is 0 Å². The van der Waals surface area contributed by atoms with Gasteiger partial charge in [-0.05, 0) is 74.9 Å². The van der Waals surface area contributed by atoms with E-state index in [1.807, 2.05) is 24.5 Å². The maximum absolute atomic E-state index is 13.2. The van der Waals surface area contributed by atoms with Crippen LogP contribution in [0.25, 0.3) is 0 Å². The normalized spacial score (nSPS) is 18.3. The van der Waals surface area contributed by atoms with Crippen LogP contribution < -0.4 is 10.2 Å². The lowest BCUT2D eigenvalue weighted by atomic mass is 9.86. The Bertz CT molecular complexity index is 1190. The molecule has 0 atom stereocenters. The highest BCUT2D eigenvalue weighted by Gasteiger charge is 2.45. The molecule has 0 spiro atoms. The van der Waals surface area contributed by atoms with Crippen LogP contribution in [-0.2, 0) is 25.0 Å². The number of amides is 2. The zero-order valence-electron chi connectivity index (χ0n) is 19.1. The molecule has 9 heteroatoms. The number of hydrogen-bond donors (Lipinski definition) is 1. The highest BCUT2D eigenvalue weighted by Crippen LogP contribution is 2.43. The molecule has 176 valence electrons. The van der Waals surface area contributed by atoms with Crippen molar-refractivity contribution in [3.8, 4) is 0 Å². The summed E-state index contributed by atoms with van der Waals surface area (Å²) < 4.78 is 27.8. The molecule has 0 bridgehead atoms. The molecule has 2 aliphatic rings. The molecule has 1 saturated heterocycles. The van der Waals surface area contributed by atoms with E-state index in [1.54, 1.807) is 49.9 Å². The van der Waals surface area contributed by atoms with Gasteiger partial charge in [-0.2, -0.15) is 4.31 Å². The Morgan fingerprint density at radius 3 is 2.52 bits per heavy atom. The predicted octanol–water partition coefficient (Wildman–Crippen LogP) is 3.85.